The highest BCUT2D eigenvalue weighted by Crippen LogP contribution is 2.20. The fraction of sp³-hybridized carbons (Fsp3) is 0.133. The van der Waals surface area contributed by atoms with E-state index in [1.54, 1.807) is 0 Å². The molecule has 0 spiro atoms. The molecule has 3 rings (SSSR count). The summed E-state index contributed by atoms with van der Waals surface area (Å²) in [7, 11) is 0. The molecule has 2 aromatic carbocycles. The largest absolute Gasteiger partial charge is 0.386 e. The first-order valence-electron chi connectivity index (χ1n) is 6.60. The van der Waals surface area contributed by atoms with Crippen molar-refractivity contribution >= 4 is 0 Å². The second-order valence-electron chi connectivity index (χ2n) is 4.72. The molecule has 22 heavy (non-hydrogen) atoms. The molecule has 0 aliphatic rings. The van der Waals surface area contributed by atoms with Crippen LogP contribution in [0.2, 0.25) is 0 Å². The molecule has 0 fully saturated rings. The minimum atomic E-state index is -1.27. The third-order valence-electron chi connectivity index (χ3n) is 3.14. The second-order valence-corrected chi connectivity index (χ2v) is 4.72. The van der Waals surface area contributed by atoms with Crippen molar-refractivity contribution in [3.8, 4) is 11.4 Å². The van der Waals surface area contributed by atoms with Crippen molar-refractivity contribution in [3.05, 3.63) is 65.7 Å². The van der Waals surface area contributed by atoms with Crippen molar-refractivity contribution in [3.63, 3.8) is 0 Å². The van der Waals surface area contributed by atoms with Gasteiger partial charge in [-0.3, -0.25) is 0 Å². The van der Waals surface area contributed by atoms with E-state index >= 15 is 0 Å². The highest BCUT2D eigenvalue weighted by atomic mass is 19.1. The quantitative estimate of drug-likeness (QED) is 0.803. The fourth-order valence-electron chi connectivity index (χ4n) is 2.05. The Balaban J connectivity index is 1.79. The van der Waals surface area contributed by atoms with Crippen LogP contribution in [0.4, 0.5) is 8.78 Å². The molecule has 0 radical (unpaired) electrons. The minimum absolute atomic E-state index is 0.125. The molecule has 0 saturated heterocycles. The second kappa shape index (κ2) is 5.98. The number of hydrogen-bond acceptors (Lipinski definition) is 4. The first-order valence-corrected chi connectivity index (χ1v) is 6.60. The van der Waals surface area contributed by atoms with Gasteiger partial charge >= 0.3 is 0 Å². The van der Waals surface area contributed by atoms with E-state index in [0.717, 1.165) is 28.6 Å². The van der Waals surface area contributed by atoms with Gasteiger partial charge in [-0.2, -0.15) is 4.80 Å². The third-order valence-corrected chi connectivity index (χ3v) is 3.14. The highest BCUT2D eigenvalue weighted by Gasteiger charge is 2.16. The van der Waals surface area contributed by atoms with E-state index in [1.165, 1.54) is 0 Å². The number of aliphatic hydroxyl groups excluding tert-OH is 1. The van der Waals surface area contributed by atoms with Gasteiger partial charge in [0.2, 0.25) is 5.82 Å². The Morgan fingerprint density at radius 3 is 2.64 bits per heavy atom. The topological polar surface area (TPSA) is 63.8 Å². The zero-order valence-corrected chi connectivity index (χ0v) is 11.4. The lowest BCUT2D eigenvalue weighted by molar-refractivity contribution is 0.140. The van der Waals surface area contributed by atoms with Crippen LogP contribution in [-0.2, 0) is 6.54 Å². The van der Waals surface area contributed by atoms with E-state index in [2.05, 4.69) is 15.4 Å². The van der Waals surface area contributed by atoms with Crippen LogP contribution in [0.25, 0.3) is 11.4 Å². The Morgan fingerprint density at radius 1 is 1.09 bits per heavy atom. The van der Waals surface area contributed by atoms with E-state index in [-0.39, 0.29) is 12.1 Å². The van der Waals surface area contributed by atoms with Crippen molar-refractivity contribution in [2.45, 2.75) is 12.6 Å². The van der Waals surface area contributed by atoms with Crippen LogP contribution in [0, 0.1) is 11.6 Å². The number of hydrogen-bond donors (Lipinski definition) is 1. The zero-order valence-electron chi connectivity index (χ0n) is 11.4. The molecule has 0 aliphatic carbocycles. The van der Waals surface area contributed by atoms with Gasteiger partial charge < -0.3 is 5.11 Å². The maximum Gasteiger partial charge on any atom is 0.204 e. The predicted molar refractivity (Wildman–Crippen MR) is 74.6 cm³/mol. The summed E-state index contributed by atoms with van der Waals surface area (Å²) in [4.78, 5) is 1.15. The number of nitrogens with zero attached hydrogens (tertiary/aromatic N) is 4. The Hall–Kier alpha value is -2.67. The maximum atomic E-state index is 13.6. The molecule has 7 heteroatoms. The van der Waals surface area contributed by atoms with Crippen molar-refractivity contribution < 1.29 is 13.9 Å². The summed E-state index contributed by atoms with van der Waals surface area (Å²) in [5.41, 5.74) is 0.638. The SMILES string of the molecule is O[C@H](Cn1nnc(-c2ccccc2)n1)c1cc(F)ccc1F. The summed E-state index contributed by atoms with van der Waals surface area (Å²) in [6.45, 7) is -0.125. The molecule has 1 heterocycles. The molecule has 1 aromatic heterocycles. The lowest BCUT2D eigenvalue weighted by Gasteiger charge is -2.10. The Morgan fingerprint density at radius 2 is 1.86 bits per heavy atom. The van der Waals surface area contributed by atoms with Crippen LogP contribution in [0.15, 0.2) is 48.5 Å². The van der Waals surface area contributed by atoms with Crippen molar-refractivity contribution in [1.82, 2.24) is 20.2 Å². The number of benzene rings is 2. The van der Waals surface area contributed by atoms with Gasteiger partial charge in [-0.25, -0.2) is 8.78 Å². The molecule has 112 valence electrons. The highest BCUT2D eigenvalue weighted by molar-refractivity contribution is 5.52. The van der Waals surface area contributed by atoms with E-state index in [4.69, 9.17) is 0 Å². The standard InChI is InChI=1S/C15H12F2N4O/c16-11-6-7-13(17)12(8-11)14(22)9-21-19-15(18-20-21)10-4-2-1-3-5-10/h1-8,14,22H,9H2/t14-/m1/s1. The van der Waals surface area contributed by atoms with Gasteiger partial charge in [0.1, 0.15) is 17.7 Å². The lowest BCUT2D eigenvalue weighted by Crippen LogP contribution is -2.13. The monoisotopic (exact) mass is 302 g/mol. The van der Waals surface area contributed by atoms with Gasteiger partial charge in [-0.05, 0) is 23.4 Å². The lowest BCUT2D eigenvalue weighted by atomic mass is 10.1. The van der Waals surface area contributed by atoms with Crippen molar-refractivity contribution in [2.75, 3.05) is 0 Å². The first-order chi connectivity index (χ1) is 10.6. The molecular formula is C15H12F2N4O. The predicted octanol–water partition coefficient (Wildman–Crippen LogP) is 2.35. The molecular weight excluding hydrogens is 290 g/mol. The number of tetrazole rings is 1. The van der Waals surface area contributed by atoms with E-state index in [0.29, 0.717) is 5.82 Å². The van der Waals surface area contributed by atoms with Gasteiger partial charge in [-0.1, -0.05) is 30.3 Å². The average molecular weight is 302 g/mol. The number of aromatic nitrogens is 4. The van der Waals surface area contributed by atoms with Crippen LogP contribution < -0.4 is 0 Å². The Labute approximate surface area is 124 Å². The summed E-state index contributed by atoms with van der Waals surface area (Å²) in [6, 6.07) is 12.1. The van der Waals surface area contributed by atoms with Gasteiger partial charge in [0.05, 0.1) is 6.54 Å². The number of aliphatic hydroxyl groups is 1. The van der Waals surface area contributed by atoms with Crippen LogP contribution in [0.1, 0.15) is 11.7 Å². The molecule has 0 unspecified atom stereocenters. The molecule has 0 aliphatic heterocycles. The average Bonchev–Trinajstić information content (AvgIpc) is 2.99. The molecule has 0 saturated carbocycles. The van der Waals surface area contributed by atoms with Crippen molar-refractivity contribution in [1.29, 1.82) is 0 Å². The molecule has 5 nitrogen and oxygen atoms in total. The van der Waals surface area contributed by atoms with Crippen LogP contribution in [0.5, 0.6) is 0 Å². The molecule has 0 bridgehead atoms. The van der Waals surface area contributed by atoms with Crippen LogP contribution >= 0.6 is 0 Å². The minimum Gasteiger partial charge on any atom is -0.386 e. The summed E-state index contributed by atoms with van der Waals surface area (Å²) >= 11 is 0. The fourth-order valence-corrected chi connectivity index (χ4v) is 2.05. The summed E-state index contributed by atoms with van der Waals surface area (Å²) < 4.78 is 26.7. The van der Waals surface area contributed by atoms with E-state index in [9.17, 15) is 13.9 Å². The van der Waals surface area contributed by atoms with Gasteiger partial charge in [-0.15, -0.1) is 10.2 Å². The summed E-state index contributed by atoms with van der Waals surface area (Å²) in [5.74, 6) is -0.906. The maximum absolute atomic E-state index is 13.6. The third kappa shape index (κ3) is 2.99. The van der Waals surface area contributed by atoms with Gasteiger partial charge in [0, 0.05) is 11.1 Å². The number of halogens is 2. The summed E-state index contributed by atoms with van der Waals surface area (Å²) in [6.07, 6.45) is -1.27. The normalized spacial score (nSPS) is 12.3. The Bertz CT molecular complexity index is 776. The van der Waals surface area contributed by atoms with Gasteiger partial charge in [0.25, 0.3) is 0 Å². The van der Waals surface area contributed by atoms with Crippen LogP contribution in [0.3, 0.4) is 0 Å². The molecule has 1 atom stereocenters. The Kier molecular flexibility index (Phi) is 3.88. The molecule has 1 N–H and O–H groups in total. The van der Waals surface area contributed by atoms with Gasteiger partial charge in [0.15, 0.2) is 0 Å². The molecule has 0 amide bonds. The van der Waals surface area contributed by atoms with E-state index in [1.807, 2.05) is 30.3 Å². The first kappa shape index (κ1) is 14.3. The number of rotatable bonds is 4. The summed E-state index contributed by atoms with van der Waals surface area (Å²) in [5, 5.41) is 21.8. The smallest absolute Gasteiger partial charge is 0.204 e. The van der Waals surface area contributed by atoms with E-state index < -0.39 is 17.7 Å². The van der Waals surface area contributed by atoms with Crippen LogP contribution in [-0.4, -0.2) is 25.3 Å². The zero-order chi connectivity index (χ0) is 15.5. The molecule has 3 aromatic rings. The van der Waals surface area contributed by atoms with Crippen molar-refractivity contribution in [2.24, 2.45) is 0 Å².